The van der Waals surface area contributed by atoms with Crippen LogP contribution in [0.3, 0.4) is 0 Å². The minimum Gasteiger partial charge on any atom is -0.327 e. The molecule has 24 heavy (non-hydrogen) atoms. The van der Waals surface area contributed by atoms with Gasteiger partial charge < -0.3 is 4.90 Å². The first-order valence-electron chi connectivity index (χ1n) is 8.19. The van der Waals surface area contributed by atoms with Crippen molar-refractivity contribution in [2.24, 2.45) is 0 Å². The van der Waals surface area contributed by atoms with E-state index in [-0.39, 0.29) is 28.6 Å². The summed E-state index contributed by atoms with van der Waals surface area (Å²) in [4.78, 5) is 27.9. The van der Waals surface area contributed by atoms with E-state index in [1.54, 1.807) is 4.90 Å². The van der Waals surface area contributed by atoms with E-state index in [9.17, 15) is 4.79 Å². The lowest BCUT2D eigenvalue weighted by Crippen LogP contribution is -2.39. The average Bonchev–Trinajstić information content (AvgIpc) is 3.01. The van der Waals surface area contributed by atoms with Crippen molar-refractivity contribution < 1.29 is 4.79 Å². The van der Waals surface area contributed by atoms with Gasteiger partial charge >= 0.3 is 0 Å². The number of hydrogen-bond donors (Lipinski definition) is 1. The van der Waals surface area contributed by atoms with Crippen LogP contribution in [0.25, 0.3) is 0 Å². The van der Waals surface area contributed by atoms with Crippen LogP contribution in [-0.2, 0) is 0 Å². The molecular weight excluding hydrogens is 328 g/mol. The van der Waals surface area contributed by atoms with E-state index in [1.807, 2.05) is 20.8 Å². The third-order valence-electron chi connectivity index (χ3n) is 4.16. The fourth-order valence-corrected chi connectivity index (χ4v) is 3.07. The summed E-state index contributed by atoms with van der Waals surface area (Å²) in [6.07, 6.45) is 4.33. The molecule has 0 bridgehead atoms. The molecule has 0 aromatic carbocycles. The van der Waals surface area contributed by atoms with Crippen LogP contribution in [0.2, 0.25) is 5.02 Å². The minimum atomic E-state index is -0.184. The molecule has 1 unspecified atom stereocenters. The second-order valence-electron chi connectivity index (χ2n) is 6.37. The fraction of sp³-hybridized carbons (Fsp3) is 0.562. The summed E-state index contributed by atoms with van der Waals surface area (Å²) < 4.78 is 0. The topological polar surface area (TPSA) is 87.7 Å². The van der Waals surface area contributed by atoms with Gasteiger partial charge in [0, 0.05) is 12.5 Å². The Bertz CT molecular complexity index is 744. The van der Waals surface area contributed by atoms with Gasteiger partial charge in [-0.2, -0.15) is 5.10 Å². The molecule has 2 aromatic rings. The number of H-pyrrole nitrogens is 1. The highest BCUT2D eigenvalue weighted by Crippen LogP contribution is 2.31. The van der Waals surface area contributed by atoms with Crippen LogP contribution in [-0.4, -0.2) is 42.5 Å². The number of likely N-dealkylation sites (tertiary alicyclic amines) is 1. The van der Waals surface area contributed by atoms with Crippen molar-refractivity contribution in [2.45, 2.75) is 52.0 Å². The van der Waals surface area contributed by atoms with Crippen molar-refractivity contribution in [2.75, 3.05) is 6.54 Å². The van der Waals surface area contributed by atoms with E-state index in [1.165, 1.54) is 6.20 Å². The zero-order valence-corrected chi connectivity index (χ0v) is 14.8. The Morgan fingerprint density at radius 1 is 1.38 bits per heavy atom. The van der Waals surface area contributed by atoms with Crippen LogP contribution in [0.15, 0.2) is 6.20 Å². The average molecular weight is 349 g/mol. The van der Waals surface area contributed by atoms with Gasteiger partial charge in [-0.1, -0.05) is 25.4 Å². The molecular formula is C16H21ClN6O. The molecule has 1 atom stereocenters. The third-order valence-corrected chi connectivity index (χ3v) is 4.43. The van der Waals surface area contributed by atoms with Crippen molar-refractivity contribution in [1.82, 2.24) is 30.0 Å². The van der Waals surface area contributed by atoms with Gasteiger partial charge in [-0.3, -0.25) is 9.89 Å². The Morgan fingerprint density at radius 3 is 2.83 bits per heavy atom. The molecule has 1 amide bonds. The van der Waals surface area contributed by atoms with Gasteiger partial charge in [-0.15, -0.1) is 0 Å². The summed E-state index contributed by atoms with van der Waals surface area (Å²) in [7, 11) is 0. The summed E-state index contributed by atoms with van der Waals surface area (Å²) in [5, 5.41) is 7.37. The molecule has 8 heteroatoms. The van der Waals surface area contributed by atoms with Gasteiger partial charge in [0.25, 0.3) is 5.91 Å². The predicted octanol–water partition coefficient (Wildman–Crippen LogP) is 3.05. The predicted molar refractivity (Wildman–Crippen MR) is 89.9 cm³/mol. The Morgan fingerprint density at radius 2 is 2.17 bits per heavy atom. The quantitative estimate of drug-likeness (QED) is 0.921. The SMILES string of the molecule is Cc1nc(C2CCCCN2C(=O)c2nc(C(C)C)ncc2Cl)n[nH]1. The summed E-state index contributed by atoms with van der Waals surface area (Å²) in [5.41, 5.74) is 0.259. The highest BCUT2D eigenvalue weighted by molar-refractivity contribution is 6.33. The van der Waals surface area contributed by atoms with Gasteiger partial charge in [0.2, 0.25) is 0 Å². The number of aromatic nitrogens is 5. The molecule has 1 fully saturated rings. The highest BCUT2D eigenvalue weighted by Gasteiger charge is 2.33. The van der Waals surface area contributed by atoms with Crippen molar-refractivity contribution >= 4 is 17.5 Å². The second-order valence-corrected chi connectivity index (χ2v) is 6.78. The Hall–Kier alpha value is -2.02. The van der Waals surface area contributed by atoms with Crippen LogP contribution in [0.4, 0.5) is 0 Å². The lowest BCUT2D eigenvalue weighted by atomic mass is 10.0. The van der Waals surface area contributed by atoms with E-state index in [4.69, 9.17) is 11.6 Å². The van der Waals surface area contributed by atoms with Crippen molar-refractivity contribution in [3.05, 3.63) is 34.4 Å². The first kappa shape index (κ1) is 16.8. The second kappa shape index (κ2) is 6.84. The number of halogens is 1. The van der Waals surface area contributed by atoms with E-state index < -0.39 is 0 Å². The molecule has 1 aliphatic heterocycles. The zero-order valence-electron chi connectivity index (χ0n) is 14.1. The molecule has 3 heterocycles. The summed E-state index contributed by atoms with van der Waals surface area (Å²) >= 11 is 6.20. The summed E-state index contributed by atoms with van der Waals surface area (Å²) in [6, 6.07) is -0.148. The molecule has 3 rings (SSSR count). The van der Waals surface area contributed by atoms with Crippen LogP contribution >= 0.6 is 11.6 Å². The Balaban J connectivity index is 1.93. The fourth-order valence-electron chi connectivity index (χ4n) is 2.90. The van der Waals surface area contributed by atoms with Gasteiger partial charge in [-0.25, -0.2) is 15.0 Å². The van der Waals surface area contributed by atoms with Crippen LogP contribution < -0.4 is 0 Å². The first-order valence-corrected chi connectivity index (χ1v) is 8.57. The molecule has 0 spiro atoms. The zero-order chi connectivity index (χ0) is 17.3. The Kier molecular flexibility index (Phi) is 4.80. The molecule has 1 aliphatic rings. The third kappa shape index (κ3) is 3.26. The number of piperidine rings is 1. The van der Waals surface area contributed by atoms with E-state index >= 15 is 0 Å². The van der Waals surface area contributed by atoms with Gasteiger partial charge in [0.15, 0.2) is 11.5 Å². The molecule has 0 radical (unpaired) electrons. The minimum absolute atomic E-state index is 0.127. The molecule has 1 N–H and O–H groups in total. The molecule has 0 saturated carbocycles. The number of nitrogens with one attached hydrogen (secondary N) is 1. The van der Waals surface area contributed by atoms with Crippen LogP contribution in [0, 0.1) is 6.92 Å². The molecule has 128 valence electrons. The monoisotopic (exact) mass is 348 g/mol. The maximum atomic E-state index is 13.1. The number of nitrogens with zero attached hydrogens (tertiary/aromatic N) is 5. The summed E-state index contributed by atoms with van der Waals surface area (Å²) in [6.45, 7) is 6.46. The number of rotatable bonds is 3. The smallest absolute Gasteiger partial charge is 0.274 e. The highest BCUT2D eigenvalue weighted by atomic mass is 35.5. The Labute approximate surface area is 145 Å². The van der Waals surface area contributed by atoms with E-state index in [0.717, 1.165) is 25.1 Å². The van der Waals surface area contributed by atoms with Gasteiger partial charge in [-0.05, 0) is 26.2 Å². The van der Waals surface area contributed by atoms with Crippen molar-refractivity contribution in [1.29, 1.82) is 0 Å². The molecule has 7 nitrogen and oxygen atoms in total. The summed E-state index contributed by atoms with van der Waals surface area (Å²) in [5.74, 6) is 1.95. The largest absolute Gasteiger partial charge is 0.327 e. The lowest BCUT2D eigenvalue weighted by Gasteiger charge is -2.34. The van der Waals surface area contributed by atoms with Crippen molar-refractivity contribution in [3.8, 4) is 0 Å². The number of amides is 1. The van der Waals surface area contributed by atoms with Crippen molar-refractivity contribution in [3.63, 3.8) is 0 Å². The molecule has 2 aromatic heterocycles. The van der Waals surface area contributed by atoms with Crippen LogP contribution in [0.1, 0.15) is 73.0 Å². The van der Waals surface area contributed by atoms with Crippen LogP contribution in [0.5, 0.6) is 0 Å². The number of carbonyl (C=O) groups excluding carboxylic acids is 1. The van der Waals surface area contributed by atoms with E-state index in [2.05, 4.69) is 25.1 Å². The number of aryl methyl sites for hydroxylation is 1. The standard InChI is InChI=1S/C16H21ClN6O/c1-9(2)14-18-8-11(17)13(20-14)16(24)23-7-5-4-6-12(23)15-19-10(3)21-22-15/h8-9,12H,4-7H2,1-3H3,(H,19,21,22). The lowest BCUT2D eigenvalue weighted by molar-refractivity contribution is 0.0593. The van der Waals surface area contributed by atoms with Gasteiger partial charge in [0.05, 0.1) is 17.3 Å². The number of aromatic amines is 1. The van der Waals surface area contributed by atoms with Gasteiger partial charge in [0.1, 0.15) is 11.6 Å². The maximum absolute atomic E-state index is 13.1. The number of carbonyl (C=O) groups is 1. The number of hydrogen-bond acceptors (Lipinski definition) is 5. The first-order chi connectivity index (χ1) is 11.5. The molecule has 0 aliphatic carbocycles. The maximum Gasteiger partial charge on any atom is 0.274 e. The van der Waals surface area contributed by atoms with E-state index in [0.29, 0.717) is 18.2 Å². The normalized spacial score (nSPS) is 18.2. The molecule has 1 saturated heterocycles.